The van der Waals surface area contributed by atoms with Crippen LogP contribution in [0, 0.1) is 0 Å². The zero-order valence-electron chi connectivity index (χ0n) is 29.8. The summed E-state index contributed by atoms with van der Waals surface area (Å²) in [5.41, 5.74) is 2.31. The zero-order valence-corrected chi connectivity index (χ0v) is 38.3. The number of aromatic nitrogens is 6. The number of thiocarbonyl (C=S) groups is 1. The van der Waals surface area contributed by atoms with Crippen LogP contribution >= 0.6 is 114 Å². The monoisotopic (exact) mass is 1070 g/mol. The molecule has 308 valence electrons. The fourth-order valence-electron chi connectivity index (χ4n) is 5.38. The molecule has 2 aromatic carbocycles. The minimum absolute atomic E-state index is 0.156. The summed E-state index contributed by atoms with van der Waals surface area (Å²) in [6.45, 7) is 1.33. The van der Waals surface area contributed by atoms with Gasteiger partial charge in [-0.05, 0) is 90.7 Å². The van der Waals surface area contributed by atoms with E-state index in [2.05, 4.69) is 73.0 Å². The highest BCUT2D eigenvalue weighted by molar-refractivity contribution is 9.10. The third-order valence-electron chi connectivity index (χ3n) is 7.87. The van der Waals surface area contributed by atoms with Gasteiger partial charge in [0.15, 0.2) is 24.8 Å². The molecule has 60 heavy (non-hydrogen) atoms. The highest BCUT2D eigenvalue weighted by Crippen LogP contribution is 2.34. The lowest BCUT2D eigenvalue weighted by Gasteiger charge is -2.19. The smallest absolute Gasteiger partial charge is 0.274 e. The predicted octanol–water partition coefficient (Wildman–Crippen LogP) is 10.4. The SMILES string of the molecule is O=C(Nc1c(Cl)cc(Cl)cc1C1=NOCCO1)c1cc(Br)nn1-c1ncccc1Cl.S=C(Nc1c(Cl)cc(Cl)cc1C1=NOCCO1)c1cc(Br)nn1-c1ncccc1Cl. The van der Waals surface area contributed by atoms with Crippen molar-refractivity contribution in [3.63, 3.8) is 0 Å². The number of carbonyl (C=O) groups excluding carboxylic acids is 1. The van der Waals surface area contributed by atoms with Crippen LogP contribution in [-0.2, 0) is 19.1 Å². The Kier molecular flexibility index (Phi) is 14.4. The van der Waals surface area contributed by atoms with Crippen molar-refractivity contribution in [2.24, 2.45) is 10.3 Å². The fourth-order valence-corrected chi connectivity index (χ4v) is 7.86. The molecule has 0 fully saturated rings. The molecular weight excluding hydrogens is 1060 g/mol. The van der Waals surface area contributed by atoms with Crippen LogP contribution in [0.5, 0.6) is 0 Å². The summed E-state index contributed by atoms with van der Waals surface area (Å²) >= 11 is 49.9. The summed E-state index contributed by atoms with van der Waals surface area (Å²) in [7, 11) is 0. The average molecular weight is 1080 g/mol. The Morgan fingerprint density at radius 2 is 1.10 bits per heavy atom. The third-order valence-corrected chi connectivity index (χ3v) is 10.6. The van der Waals surface area contributed by atoms with E-state index in [0.29, 0.717) is 99.9 Å². The van der Waals surface area contributed by atoms with Gasteiger partial charge in [0.25, 0.3) is 17.7 Å². The number of amides is 1. The number of pyridine rings is 2. The van der Waals surface area contributed by atoms with Gasteiger partial charge in [-0.1, -0.05) is 81.8 Å². The number of oxime groups is 2. The molecule has 4 aromatic heterocycles. The number of hydrogen-bond donors (Lipinski definition) is 2. The normalized spacial score (nSPS) is 13.3. The maximum absolute atomic E-state index is 13.1. The van der Waals surface area contributed by atoms with Gasteiger partial charge in [-0.25, -0.2) is 19.3 Å². The van der Waals surface area contributed by atoms with Crippen molar-refractivity contribution in [2.45, 2.75) is 0 Å². The first-order valence-electron chi connectivity index (χ1n) is 16.9. The van der Waals surface area contributed by atoms with Gasteiger partial charge >= 0.3 is 0 Å². The first-order valence-corrected chi connectivity index (χ1v) is 21.1. The molecule has 6 aromatic rings. The molecule has 0 aliphatic carbocycles. The second-order valence-electron chi connectivity index (χ2n) is 11.8. The number of ether oxygens (including phenoxy) is 2. The average Bonchev–Trinajstić information content (AvgIpc) is 3.83. The lowest BCUT2D eigenvalue weighted by atomic mass is 10.1. The molecule has 1 amide bonds. The molecule has 8 rings (SSSR count). The maximum atomic E-state index is 13.1. The number of benzene rings is 2. The second-order valence-corrected chi connectivity index (χ2v) is 16.4. The molecule has 0 radical (unpaired) electrons. The van der Waals surface area contributed by atoms with E-state index in [1.165, 1.54) is 21.5 Å². The molecule has 15 nitrogen and oxygen atoms in total. The number of hydrogen-bond acceptors (Lipinski definition) is 12. The molecule has 2 N–H and O–H groups in total. The Labute approximate surface area is 392 Å². The van der Waals surface area contributed by atoms with Crippen LogP contribution in [0.3, 0.4) is 0 Å². The van der Waals surface area contributed by atoms with Crippen LogP contribution in [0.15, 0.2) is 92.6 Å². The lowest BCUT2D eigenvalue weighted by molar-refractivity contribution is 0.0656. The van der Waals surface area contributed by atoms with Crippen LogP contribution < -0.4 is 10.6 Å². The van der Waals surface area contributed by atoms with Gasteiger partial charge in [-0.3, -0.25) is 4.79 Å². The van der Waals surface area contributed by atoms with Crippen molar-refractivity contribution in [3.8, 4) is 11.6 Å². The van der Waals surface area contributed by atoms with E-state index in [0.717, 1.165) is 0 Å². The quantitative estimate of drug-likeness (QED) is 0.139. The molecule has 6 heterocycles. The Balaban J connectivity index is 0.000000181. The summed E-state index contributed by atoms with van der Waals surface area (Å²) in [5, 5.41) is 24.4. The molecule has 2 aliphatic rings. The number of anilines is 2. The van der Waals surface area contributed by atoms with Gasteiger partial charge in [0.1, 0.15) is 38.8 Å². The number of nitrogens with zero attached hydrogens (tertiary/aromatic N) is 8. The van der Waals surface area contributed by atoms with E-state index >= 15 is 0 Å². The van der Waals surface area contributed by atoms with E-state index in [1.807, 2.05) is 0 Å². The van der Waals surface area contributed by atoms with Gasteiger partial charge in [0, 0.05) is 34.6 Å². The molecule has 0 atom stereocenters. The number of nitrogens with one attached hydrogen (secondary N) is 2. The Morgan fingerprint density at radius 1 is 0.633 bits per heavy atom. The summed E-state index contributed by atoms with van der Waals surface area (Å²) in [4.78, 5) is 32.2. The fraction of sp³-hybridized carbons (Fsp3) is 0.111. The summed E-state index contributed by atoms with van der Waals surface area (Å²) < 4.78 is 14.9. The molecule has 24 heteroatoms. The van der Waals surface area contributed by atoms with E-state index in [1.54, 1.807) is 60.9 Å². The topological polar surface area (TPSA) is 164 Å². The van der Waals surface area contributed by atoms with Crippen molar-refractivity contribution >= 4 is 148 Å². The molecule has 0 unspecified atom stereocenters. The molecule has 0 spiro atoms. The van der Waals surface area contributed by atoms with Crippen molar-refractivity contribution in [1.82, 2.24) is 29.5 Å². The second kappa shape index (κ2) is 19.6. The summed E-state index contributed by atoms with van der Waals surface area (Å²) in [6.07, 6.45) is 3.16. The van der Waals surface area contributed by atoms with Crippen molar-refractivity contribution in [1.29, 1.82) is 0 Å². The van der Waals surface area contributed by atoms with Gasteiger partial charge in [0.2, 0.25) is 0 Å². The van der Waals surface area contributed by atoms with E-state index in [9.17, 15) is 4.79 Å². The van der Waals surface area contributed by atoms with Crippen molar-refractivity contribution in [2.75, 3.05) is 37.1 Å². The Bertz CT molecular complexity index is 2520. The molecule has 0 saturated carbocycles. The van der Waals surface area contributed by atoms with Gasteiger partial charge in [-0.15, -0.1) is 0 Å². The first kappa shape index (κ1) is 43.8. The van der Waals surface area contributed by atoms with E-state index < -0.39 is 5.91 Å². The summed E-state index contributed by atoms with van der Waals surface area (Å²) in [6, 6.07) is 16.3. The maximum Gasteiger partial charge on any atom is 0.274 e. The molecule has 0 saturated heterocycles. The number of halogens is 8. The van der Waals surface area contributed by atoms with Crippen LogP contribution in [0.1, 0.15) is 27.3 Å². The van der Waals surface area contributed by atoms with Crippen LogP contribution in [0.4, 0.5) is 11.4 Å². The third kappa shape index (κ3) is 10.1. The largest absolute Gasteiger partial charge is 0.471 e. The lowest BCUT2D eigenvalue weighted by Crippen LogP contribution is -2.22. The first-order chi connectivity index (χ1) is 28.9. The molecule has 2 aliphatic heterocycles. The molecular formula is C36H22Br2Cl6N10O5S. The molecule has 0 bridgehead atoms. The minimum atomic E-state index is -0.516. The van der Waals surface area contributed by atoms with Crippen molar-refractivity contribution < 1.29 is 23.9 Å². The number of rotatable bonds is 8. The highest BCUT2D eigenvalue weighted by atomic mass is 79.9. The zero-order chi connectivity index (χ0) is 42.5. The Hall–Kier alpha value is -4.24. The Morgan fingerprint density at radius 3 is 1.57 bits per heavy atom. The van der Waals surface area contributed by atoms with Crippen LogP contribution in [0.2, 0.25) is 30.1 Å². The predicted molar refractivity (Wildman–Crippen MR) is 241 cm³/mol. The van der Waals surface area contributed by atoms with Gasteiger partial charge < -0.3 is 29.8 Å². The van der Waals surface area contributed by atoms with Crippen LogP contribution in [0.25, 0.3) is 11.6 Å². The standard InChI is InChI=1S/C18H11BrCl3N5O3.C18H11BrCl3N5O2S/c19-14-8-13(27(25-14)16-11(21)2-1-3-23-16)17(28)24-15-10(6-9(20)7-12(15)22)18-26-30-5-4-29-18;19-14-8-13(27(25-14)16-11(21)2-1-3-23-16)18(30)24-15-10(6-9(20)7-12(15)22)17-26-29-5-4-28-17/h1-3,6-8H,4-5H2,(H,24,28);1-3,6-8H,4-5H2,(H,24,30). The highest BCUT2D eigenvalue weighted by Gasteiger charge is 2.25. The van der Waals surface area contributed by atoms with Gasteiger partial charge in [0.05, 0.1) is 42.6 Å². The number of carbonyl (C=O) groups is 1. The van der Waals surface area contributed by atoms with Gasteiger partial charge in [-0.2, -0.15) is 10.2 Å². The minimum Gasteiger partial charge on any atom is -0.471 e. The van der Waals surface area contributed by atoms with E-state index in [-0.39, 0.29) is 28.2 Å². The van der Waals surface area contributed by atoms with Crippen molar-refractivity contribution in [3.05, 3.63) is 135 Å². The van der Waals surface area contributed by atoms with E-state index in [4.69, 9.17) is 101 Å². The van der Waals surface area contributed by atoms with Crippen LogP contribution in [-0.4, -0.2) is 78.6 Å². The summed E-state index contributed by atoms with van der Waals surface area (Å²) in [5.74, 6) is 0.616.